The van der Waals surface area contributed by atoms with E-state index in [0.717, 1.165) is 67.5 Å². The first kappa shape index (κ1) is 28.3. The maximum Gasteiger partial charge on any atom is 0.118 e. The van der Waals surface area contributed by atoms with E-state index >= 15 is 0 Å². The smallest absolute Gasteiger partial charge is 0.118 e. The van der Waals surface area contributed by atoms with Crippen LogP contribution in [0.3, 0.4) is 0 Å². The van der Waals surface area contributed by atoms with E-state index in [1.165, 1.54) is 0 Å². The topological polar surface area (TPSA) is 36.9 Å². The van der Waals surface area contributed by atoms with Gasteiger partial charge in [0.1, 0.15) is 23.0 Å². The summed E-state index contributed by atoms with van der Waals surface area (Å²) < 4.78 is 21.5. The molecule has 0 heterocycles. The van der Waals surface area contributed by atoms with Crippen molar-refractivity contribution in [2.24, 2.45) is 0 Å². The van der Waals surface area contributed by atoms with Gasteiger partial charge >= 0.3 is 0 Å². The van der Waals surface area contributed by atoms with Gasteiger partial charge < -0.3 is 18.9 Å². The van der Waals surface area contributed by atoms with Gasteiger partial charge in [-0.05, 0) is 105 Å². The second-order valence-corrected chi connectivity index (χ2v) is 9.70. The Morgan fingerprint density at radius 2 is 0.548 bits per heavy atom. The highest BCUT2D eigenvalue weighted by atomic mass is 16.5. The molecule has 0 spiro atoms. The quantitative estimate of drug-likeness (QED) is 0.162. The zero-order chi connectivity index (χ0) is 29.3. The van der Waals surface area contributed by atoms with Crippen molar-refractivity contribution in [1.29, 1.82) is 0 Å². The first-order chi connectivity index (χ1) is 20.6. The normalized spacial score (nSPS) is 10.4. The second-order valence-electron chi connectivity index (χ2n) is 9.70. The number of benzene rings is 5. The predicted octanol–water partition coefficient (Wildman–Crippen LogP) is 8.90. The van der Waals surface area contributed by atoms with Gasteiger partial charge in [-0.1, -0.05) is 72.8 Å². The summed E-state index contributed by atoms with van der Waals surface area (Å²) in [6.45, 7) is 0. The minimum Gasteiger partial charge on any atom is -0.497 e. The Labute approximate surface area is 248 Å². The van der Waals surface area contributed by atoms with Crippen molar-refractivity contribution in [2.75, 3.05) is 28.4 Å². The van der Waals surface area contributed by atoms with E-state index in [2.05, 4.69) is 84.9 Å². The third kappa shape index (κ3) is 6.73. The first-order valence-corrected chi connectivity index (χ1v) is 13.7. The van der Waals surface area contributed by atoms with E-state index in [1.807, 2.05) is 48.5 Å². The van der Waals surface area contributed by atoms with Crippen LogP contribution in [0, 0.1) is 0 Å². The van der Waals surface area contributed by atoms with Crippen LogP contribution in [0.4, 0.5) is 0 Å². The zero-order valence-corrected chi connectivity index (χ0v) is 24.3. The van der Waals surface area contributed by atoms with Gasteiger partial charge in [0.05, 0.1) is 28.4 Å². The van der Waals surface area contributed by atoms with Crippen LogP contribution in [0.25, 0.3) is 23.3 Å². The molecule has 0 amide bonds. The molecule has 0 aliphatic heterocycles. The summed E-state index contributed by atoms with van der Waals surface area (Å²) in [5, 5.41) is 0. The lowest BCUT2D eigenvalue weighted by Crippen LogP contribution is -1.91. The maximum atomic E-state index is 5.38. The van der Waals surface area contributed by atoms with Crippen LogP contribution in [0.15, 0.2) is 121 Å². The fraction of sp³-hybridized carbons (Fsp3) is 0.105. The molecule has 0 radical (unpaired) electrons. The molecule has 0 N–H and O–H groups in total. The van der Waals surface area contributed by atoms with Crippen molar-refractivity contribution >= 4 is 23.3 Å². The third-order valence-corrected chi connectivity index (χ3v) is 7.16. The molecule has 210 valence electrons. The van der Waals surface area contributed by atoms with Gasteiger partial charge in [0.25, 0.3) is 0 Å². The molecule has 5 aromatic carbocycles. The molecular weight excluding hydrogens is 520 g/mol. The Morgan fingerprint density at radius 1 is 0.333 bits per heavy atom. The summed E-state index contributed by atoms with van der Waals surface area (Å²) in [6.07, 6.45) is 4.43. The van der Waals surface area contributed by atoms with E-state index in [1.54, 1.807) is 28.4 Å². The SMILES string of the molecule is COc1ccc(C(=Cc2ccc(C=C(c3ccc(OC)cc3)c3ccc(OC)cc3)cc2)c2ccc(OC)cc2)cc1. The molecular formula is C38H34O4. The van der Waals surface area contributed by atoms with Crippen LogP contribution in [0.2, 0.25) is 0 Å². The Kier molecular flexibility index (Phi) is 9.05. The molecule has 5 aromatic rings. The van der Waals surface area contributed by atoms with Crippen LogP contribution < -0.4 is 18.9 Å². The summed E-state index contributed by atoms with van der Waals surface area (Å²) in [4.78, 5) is 0. The van der Waals surface area contributed by atoms with Gasteiger partial charge in [-0.2, -0.15) is 0 Å². The monoisotopic (exact) mass is 554 g/mol. The van der Waals surface area contributed by atoms with Crippen LogP contribution in [-0.2, 0) is 0 Å². The Hall–Kier alpha value is -5.22. The molecule has 0 bridgehead atoms. The number of hydrogen-bond donors (Lipinski definition) is 0. The van der Waals surface area contributed by atoms with E-state index in [0.29, 0.717) is 0 Å². The molecule has 4 nitrogen and oxygen atoms in total. The molecule has 0 unspecified atom stereocenters. The van der Waals surface area contributed by atoms with E-state index in [4.69, 9.17) is 18.9 Å². The highest BCUT2D eigenvalue weighted by Crippen LogP contribution is 2.31. The number of ether oxygens (including phenoxy) is 4. The van der Waals surface area contributed by atoms with Gasteiger partial charge in [0, 0.05) is 0 Å². The van der Waals surface area contributed by atoms with Crippen molar-refractivity contribution in [3.8, 4) is 23.0 Å². The number of rotatable bonds is 10. The van der Waals surface area contributed by atoms with E-state index in [-0.39, 0.29) is 0 Å². The third-order valence-electron chi connectivity index (χ3n) is 7.16. The van der Waals surface area contributed by atoms with Crippen molar-refractivity contribution < 1.29 is 18.9 Å². The lowest BCUT2D eigenvalue weighted by Gasteiger charge is -2.12. The maximum absolute atomic E-state index is 5.38. The van der Waals surface area contributed by atoms with Crippen LogP contribution >= 0.6 is 0 Å². The summed E-state index contributed by atoms with van der Waals surface area (Å²) >= 11 is 0. The molecule has 0 saturated heterocycles. The minimum atomic E-state index is 0.827. The van der Waals surface area contributed by atoms with Crippen molar-refractivity contribution in [2.45, 2.75) is 0 Å². The van der Waals surface area contributed by atoms with Crippen LogP contribution in [-0.4, -0.2) is 28.4 Å². The lowest BCUT2D eigenvalue weighted by atomic mass is 9.94. The highest BCUT2D eigenvalue weighted by Gasteiger charge is 2.09. The van der Waals surface area contributed by atoms with Gasteiger partial charge in [0.2, 0.25) is 0 Å². The Morgan fingerprint density at radius 3 is 0.738 bits per heavy atom. The Bertz CT molecular complexity index is 1420. The van der Waals surface area contributed by atoms with Gasteiger partial charge in [-0.25, -0.2) is 0 Å². The molecule has 0 fully saturated rings. The lowest BCUT2D eigenvalue weighted by molar-refractivity contribution is 0.414. The van der Waals surface area contributed by atoms with Crippen molar-refractivity contribution in [3.05, 3.63) is 155 Å². The highest BCUT2D eigenvalue weighted by molar-refractivity contribution is 5.93. The van der Waals surface area contributed by atoms with Crippen LogP contribution in [0.5, 0.6) is 23.0 Å². The van der Waals surface area contributed by atoms with E-state index < -0.39 is 0 Å². The van der Waals surface area contributed by atoms with Crippen molar-refractivity contribution in [3.63, 3.8) is 0 Å². The fourth-order valence-electron chi connectivity index (χ4n) is 4.77. The standard InChI is InChI=1S/C38H34O4/c1-39-33-17-9-29(10-18-33)37(30-11-19-34(40-2)20-12-30)25-27-5-7-28(8-6-27)26-38(31-13-21-35(41-3)22-14-31)32-15-23-36(42-4)24-16-32/h5-26H,1-4H3. The number of methoxy groups -OCH3 is 4. The minimum absolute atomic E-state index is 0.827. The zero-order valence-electron chi connectivity index (χ0n) is 24.3. The number of hydrogen-bond acceptors (Lipinski definition) is 4. The summed E-state index contributed by atoms with van der Waals surface area (Å²) in [5.41, 5.74) is 8.84. The average molecular weight is 555 g/mol. The van der Waals surface area contributed by atoms with Gasteiger partial charge in [-0.3, -0.25) is 0 Å². The second kappa shape index (κ2) is 13.4. The first-order valence-electron chi connectivity index (χ1n) is 13.7. The molecule has 42 heavy (non-hydrogen) atoms. The molecule has 0 saturated carbocycles. The van der Waals surface area contributed by atoms with Gasteiger partial charge in [-0.15, -0.1) is 0 Å². The summed E-state index contributed by atoms with van der Waals surface area (Å²) in [7, 11) is 6.72. The molecule has 4 heteroatoms. The largest absolute Gasteiger partial charge is 0.497 e. The molecule has 0 aromatic heterocycles. The molecule has 5 rings (SSSR count). The molecule has 0 atom stereocenters. The molecule has 0 aliphatic rings. The molecule has 0 aliphatic carbocycles. The summed E-state index contributed by atoms with van der Waals surface area (Å²) in [5.74, 6) is 3.31. The van der Waals surface area contributed by atoms with Gasteiger partial charge in [0.15, 0.2) is 0 Å². The summed E-state index contributed by atoms with van der Waals surface area (Å²) in [6, 6.07) is 41.2. The fourth-order valence-corrected chi connectivity index (χ4v) is 4.77. The van der Waals surface area contributed by atoms with Crippen LogP contribution in [0.1, 0.15) is 33.4 Å². The van der Waals surface area contributed by atoms with Crippen molar-refractivity contribution in [1.82, 2.24) is 0 Å². The predicted molar refractivity (Wildman–Crippen MR) is 172 cm³/mol. The average Bonchev–Trinajstić information content (AvgIpc) is 3.07. The Balaban J connectivity index is 1.52. The van der Waals surface area contributed by atoms with E-state index in [9.17, 15) is 0 Å².